The molecule has 5 heterocycles. The lowest BCUT2D eigenvalue weighted by Gasteiger charge is -2.31. The molecule has 0 N–H and O–H groups in total. The van der Waals surface area contributed by atoms with E-state index in [2.05, 4.69) is 31.5 Å². The number of carbonyl (C=O) groups excluding carboxylic acids is 1. The third-order valence-electron chi connectivity index (χ3n) is 6.07. The molecule has 0 aliphatic carbocycles. The van der Waals surface area contributed by atoms with Gasteiger partial charge in [0.25, 0.3) is 0 Å². The summed E-state index contributed by atoms with van der Waals surface area (Å²) >= 11 is 1.81. The van der Waals surface area contributed by atoms with Gasteiger partial charge in [0.15, 0.2) is 0 Å². The largest absolute Gasteiger partial charge is 0.339 e. The van der Waals surface area contributed by atoms with Crippen LogP contribution in [0.15, 0.2) is 40.4 Å². The Bertz CT molecular complexity index is 994. The molecule has 3 aromatic heterocycles. The van der Waals surface area contributed by atoms with E-state index in [9.17, 15) is 4.79 Å². The Morgan fingerprint density at radius 1 is 1.20 bits per heavy atom. The molecular weight excluding hydrogens is 398 g/mol. The number of hydrogen-bond acceptors (Lipinski definition) is 7. The van der Waals surface area contributed by atoms with Crippen LogP contribution in [0.5, 0.6) is 0 Å². The lowest BCUT2D eigenvalue weighted by molar-refractivity contribution is -0.132. The predicted octanol–water partition coefficient (Wildman–Crippen LogP) is 3.35. The van der Waals surface area contributed by atoms with E-state index in [1.165, 1.54) is 10.4 Å². The van der Waals surface area contributed by atoms with Gasteiger partial charge < -0.3 is 14.3 Å². The van der Waals surface area contributed by atoms with Gasteiger partial charge in [0, 0.05) is 43.0 Å². The van der Waals surface area contributed by atoms with Crippen LogP contribution in [0.3, 0.4) is 0 Å². The van der Waals surface area contributed by atoms with Crippen LogP contribution < -0.4 is 0 Å². The summed E-state index contributed by atoms with van der Waals surface area (Å²) in [4.78, 5) is 27.3. The molecule has 5 rings (SSSR count). The van der Waals surface area contributed by atoms with Crippen LogP contribution in [0.4, 0.5) is 0 Å². The van der Waals surface area contributed by atoms with Gasteiger partial charge in [-0.3, -0.25) is 9.78 Å². The molecule has 7 nitrogen and oxygen atoms in total. The maximum atomic E-state index is 12.7. The summed E-state index contributed by atoms with van der Waals surface area (Å²) in [7, 11) is 0. The SMILES string of the molecule is O=C(CCN1CCC(c2nc(-c3ccccn3)no2)CC1)N1CCc2sccc2C1. The zero-order chi connectivity index (χ0) is 20.3. The fourth-order valence-electron chi connectivity index (χ4n) is 4.28. The van der Waals surface area contributed by atoms with Crippen LogP contribution in [0.1, 0.15) is 41.5 Å². The summed E-state index contributed by atoms with van der Waals surface area (Å²) in [6.07, 6.45) is 5.26. The summed E-state index contributed by atoms with van der Waals surface area (Å²) in [6.45, 7) is 4.35. The van der Waals surface area contributed by atoms with E-state index in [-0.39, 0.29) is 11.8 Å². The van der Waals surface area contributed by atoms with Crippen LogP contribution in [0.2, 0.25) is 0 Å². The van der Waals surface area contributed by atoms with Crippen molar-refractivity contribution >= 4 is 17.2 Å². The molecule has 2 aliphatic rings. The Labute approximate surface area is 179 Å². The maximum absolute atomic E-state index is 12.7. The second-order valence-corrected chi connectivity index (χ2v) is 8.97. The van der Waals surface area contributed by atoms with Crippen LogP contribution in [0.25, 0.3) is 11.5 Å². The Morgan fingerprint density at radius 2 is 2.10 bits per heavy atom. The van der Waals surface area contributed by atoms with Crippen LogP contribution in [-0.2, 0) is 17.8 Å². The molecule has 0 unspecified atom stereocenters. The quantitative estimate of drug-likeness (QED) is 0.627. The van der Waals surface area contributed by atoms with E-state index < -0.39 is 0 Å². The highest BCUT2D eigenvalue weighted by Gasteiger charge is 2.27. The summed E-state index contributed by atoms with van der Waals surface area (Å²) in [6, 6.07) is 7.83. The highest BCUT2D eigenvalue weighted by Crippen LogP contribution is 2.28. The molecule has 1 amide bonds. The van der Waals surface area contributed by atoms with Crippen LogP contribution in [0, 0.1) is 0 Å². The van der Waals surface area contributed by atoms with Gasteiger partial charge in [0.1, 0.15) is 5.69 Å². The van der Waals surface area contributed by atoms with Gasteiger partial charge in [0.2, 0.25) is 17.6 Å². The topological polar surface area (TPSA) is 75.4 Å². The maximum Gasteiger partial charge on any atom is 0.230 e. The second kappa shape index (κ2) is 8.65. The van der Waals surface area contributed by atoms with Gasteiger partial charge in [-0.25, -0.2) is 0 Å². The number of aromatic nitrogens is 3. The Balaban J connectivity index is 1.09. The van der Waals surface area contributed by atoms with Gasteiger partial charge in [-0.15, -0.1) is 11.3 Å². The lowest BCUT2D eigenvalue weighted by Crippen LogP contribution is -2.39. The summed E-state index contributed by atoms with van der Waals surface area (Å²) in [5.41, 5.74) is 2.06. The normalized spacial score (nSPS) is 17.8. The Hall–Kier alpha value is -2.58. The smallest absolute Gasteiger partial charge is 0.230 e. The van der Waals surface area contributed by atoms with Crippen molar-refractivity contribution < 1.29 is 9.32 Å². The van der Waals surface area contributed by atoms with Crippen molar-refractivity contribution in [3.8, 4) is 11.5 Å². The number of likely N-dealkylation sites (tertiary alicyclic amines) is 1. The first-order valence-corrected chi connectivity index (χ1v) is 11.4. The minimum Gasteiger partial charge on any atom is -0.339 e. The predicted molar refractivity (Wildman–Crippen MR) is 114 cm³/mol. The molecule has 1 fully saturated rings. The van der Waals surface area contributed by atoms with E-state index in [1.807, 2.05) is 23.1 Å². The molecule has 156 valence electrons. The zero-order valence-corrected chi connectivity index (χ0v) is 17.7. The minimum absolute atomic E-state index is 0.269. The average Bonchev–Trinajstić information content (AvgIpc) is 3.48. The fourth-order valence-corrected chi connectivity index (χ4v) is 5.17. The van der Waals surface area contributed by atoms with Crippen molar-refractivity contribution in [3.05, 3.63) is 52.2 Å². The first-order chi connectivity index (χ1) is 14.8. The van der Waals surface area contributed by atoms with Crippen LogP contribution >= 0.6 is 11.3 Å². The minimum atomic E-state index is 0.269. The number of nitrogens with zero attached hydrogens (tertiary/aromatic N) is 5. The highest BCUT2D eigenvalue weighted by atomic mass is 32.1. The first kappa shape index (κ1) is 19.4. The summed E-state index contributed by atoms with van der Waals surface area (Å²) in [5, 5.41) is 6.22. The number of pyridine rings is 1. The van der Waals surface area contributed by atoms with Gasteiger partial charge in [-0.1, -0.05) is 11.2 Å². The molecule has 0 bridgehead atoms. The molecule has 1 saturated heterocycles. The molecule has 3 aromatic rings. The number of rotatable bonds is 5. The van der Waals surface area contributed by atoms with Gasteiger partial charge >= 0.3 is 0 Å². The van der Waals surface area contributed by atoms with E-state index >= 15 is 0 Å². The Kier molecular flexibility index (Phi) is 5.59. The molecule has 0 radical (unpaired) electrons. The fraction of sp³-hybridized carbons (Fsp3) is 0.455. The van der Waals surface area contributed by atoms with Crippen molar-refractivity contribution in [3.63, 3.8) is 0 Å². The van der Waals surface area contributed by atoms with Crippen molar-refractivity contribution in [2.45, 2.75) is 38.1 Å². The number of carbonyl (C=O) groups is 1. The van der Waals surface area contributed by atoms with E-state index in [4.69, 9.17) is 4.52 Å². The van der Waals surface area contributed by atoms with E-state index in [0.29, 0.717) is 18.1 Å². The van der Waals surface area contributed by atoms with E-state index in [0.717, 1.165) is 57.7 Å². The molecule has 8 heteroatoms. The van der Waals surface area contributed by atoms with Crippen molar-refractivity contribution in [1.29, 1.82) is 0 Å². The first-order valence-electron chi connectivity index (χ1n) is 10.6. The Morgan fingerprint density at radius 3 is 2.93 bits per heavy atom. The number of amides is 1. The van der Waals surface area contributed by atoms with Crippen molar-refractivity contribution in [2.75, 3.05) is 26.2 Å². The van der Waals surface area contributed by atoms with Crippen molar-refractivity contribution in [2.24, 2.45) is 0 Å². The number of piperidine rings is 1. The number of hydrogen-bond donors (Lipinski definition) is 0. The number of fused-ring (bicyclic) bond motifs is 1. The molecular formula is C22H25N5O2S. The molecule has 30 heavy (non-hydrogen) atoms. The average molecular weight is 424 g/mol. The molecule has 2 aliphatic heterocycles. The summed E-state index contributed by atoms with van der Waals surface area (Å²) < 4.78 is 5.51. The monoisotopic (exact) mass is 423 g/mol. The molecule has 0 aromatic carbocycles. The van der Waals surface area contributed by atoms with Crippen molar-refractivity contribution in [1.82, 2.24) is 24.9 Å². The standard InChI is InChI=1S/C22H25N5O2S/c28-20(27-13-6-19-17(15-27)8-14-30-19)7-12-26-10-4-16(5-11-26)22-24-21(25-29-22)18-3-1-2-9-23-18/h1-3,8-9,14,16H,4-7,10-13,15H2. The zero-order valence-electron chi connectivity index (χ0n) is 16.9. The summed E-state index contributed by atoms with van der Waals surface area (Å²) in [5.74, 6) is 1.80. The third kappa shape index (κ3) is 4.15. The van der Waals surface area contributed by atoms with Gasteiger partial charge in [-0.2, -0.15) is 4.98 Å². The molecule has 0 atom stereocenters. The molecule has 0 saturated carbocycles. The van der Waals surface area contributed by atoms with Crippen LogP contribution in [-0.4, -0.2) is 57.0 Å². The van der Waals surface area contributed by atoms with E-state index in [1.54, 1.807) is 17.5 Å². The highest BCUT2D eigenvalue weighted by molar-refractivity contribution is 7.10. The second-order valence-electron chi connectivity index (χ2n) is 7.97. The third-order valence-corrected chi connectivity index (χ3v) is 7.10. The number of thiophene rings is 1. The molecule has 0 spiro atoms. The lowest BCUT2D eigenvalue weighted by atomic mass is 9.96. The van der Waals surface area contributed by atoms with Gasteiger partial charge in [0.05, 0.1) is 0 Å². The van der Waals surface area contributed by atoms with Gasteiger partial charge in [-0.05, 0) is 61.5 Å².